The van der Waals surface area contributed by atoms with Gasteiger partial charge in [-0.25, -0.2) is 0 Å². The number of rotatable bonds is 8. The highest BCUT2D eigenvalue weighted by atomic mass is 16.5. The molecule has 0 radical (unpaired) electrons. The zero-order valence-corrected chi connectivity index (χ0v) is 16.2. The highest BCUT2D eigenvalue weighted by molar-refractivity contribution is 5.82. The normalized spacial score (nSPS) is 11.7. The molecular formula is C24H25NO3. The Kier molecular flexibility index (Phi) is 6.68. The molecule has 0 saturated heterocycles. The fraction of sp³-hybridized carbons (Fsp3) is 0.208. The minimum atomic E-state index is -0.595. The maximum atomic E-state index is 13.0. The van der Waals surface area contributed by atoms with Crippen LogP contribution in [-0.2, 0) is 4.79 Å². The number of methoxy groups -OCH3 is 1. The van der Waals surface area contributed by atoms with Crippen molar-refractivity contribution in [2.45, 2.75) is 25.5 Å². The molecule has 0 aliphatic rings. The third-order valence-corrected chi connectivity index (χ3v) is 4.54. The Balaban J connectivity index is 1.80. The highest BCUT2D eigenvalue weighted by Crippen LogP contribution is 2.24. The third kappa shape index (κ3) is 4.92. The molecule has 0 saturated carbocycles. The number of carbonyl (C=O) groups is 1. The molecule has 144 valence electrons. The number of benzene rings is 3. The Morgan fingerprint density at radius 2 is 1.43 bits per heavy atom. The molecule has 1 N–H and O–H groups in total. The molecule has 4 nitrogen and oxygen atoms in total. The molecule has 0 unspecified atom stereocenters. The quantitative estimate of drug-likeness (QED) is 0.618. The zero-order chi connectivity index (χ0) is 19.8. The average Bonchev–Trinajstić information content (AvgIpc) is 2.77. The van der Waals surface area contributed by atoms with Crippen LogP contribution in [0, 0.1) is 0 Å². The van der Waals surface area contributed by atoms with E-state index in [-0.39, 0.29) is 11.9 Å². The van der Waals surface area contributed by atoms with Crippen LogP contribution < -0.4 is 14.8 Å². The van der Waals surface area contributed by atoms with E-state index in [0.717, 1.165) is 11.1 Å². The summed E-state index contributed by atoms with van der Waals surface area (Å²) in [4.78, 5) is 13.0. The molecule has 0 aromatic heterocycles. The molecule has 0 bridgehead atoms. The molecule has 0 heterocycles. The summed E-state index contributed by atoms with van der Waals surface area (Å²) in [6, 6.07) is 26.9. The van der Waals surface area contributed by atoms with Gasteiger partial charge in [-0.05, 0) is 29.7 Å². The summed E-state index contributed by atoms with van der Waals surface area (Å²) in [5.41, 5.74) is 2.05. The van der Waals surface area contributed by atoms with Gasteiger partial charge in [0.15, 0.2) is 6.10 Å². The lowest BCUT2D eigenvalue weighted by Gasteiger charge is -2.24. The van der Waals surface area contributed by atoms with E-state index in [1.165, 1.54) is 0 Å². The van der Waals surface area contributed by atoms with E-state index in [0.29, 0.717) is 17.9 Å². The van der Waals surface area contributed by atoms with Gasteiger partial charge in [-0.15, -0.1) is 0 Å². The molecule has 1 atom stereocenters. The van der Waals surface area contributed by atoms with E-state index in [4.69, 9.17) is 9.47 Å². The lowest BCUT2D eigenvalue weighted by atomic mass is 9.98. The molecule has 28 heavy (non-hydrogen) atoms. The van der Waals surface area contributed by atoms with Crippen molar-refractivity contribution in [2.24, 2.45) is 0 Å². The van der Waals surface area contributed by atoms with Crippen LogP contribution in [0.1, 0.15) is 30.5 Å². The summed E-state index contributed by atoms with van der Waals surface area (Å²) in [6.07, 6.45) is -0.0404. The number of amides is 1. The SMILES string of the molecule is CC[C@H](Oc1cccc(OC)c1)C(=O)NC(c1ccccc1)c1ccccc1. The predicted octanol–water partition coefficient (Wildman–Crippen LogP) is 4.76. The Morgan fingerprint density at radius 1 is 0.857 bits per heavy atom. The summed E-state index contributed by atoms with van der Waals surface area (Å²) < 4.78 is 11.2. The van der Waals surface area contributed by atoms with Crippen molar-refractivity contribution in [1.29, 1.82) is 0 Å². The van der Waals surface area contributed by atoms with E-state index in [1.54, 1.807) is 13.2 Å². The smallest absolute Gasteiger partial charge is 0.261 e. The average molecular weight is 375 g/mol. The van der Waals surface area contributed by atoms with Crippen LogP contribution in [0.3, 0.4) is 0 Å². The highest BCUT2D eigenvalue weighted by Gasteiger charge is 2.23. The van der Waals surface area contributed by atoms with Crippen LogP contribution in [0.25, 0.3) is 0 Å². The molecule has 4 heteroatoms. The standard InChI is InChI=1S/C24H25NO3/c1-3-22(28-21-16-10-15-20(17-21)27-2)24(26)25-23(18-11-6-4-7-12-18)19-13-8-5-9-14-19/h4-17,22-23H,3H2,1-2H3,(H,25,26)/t22-/m0/s1. The molecule has 0 aliphatic carbocycles. The van der Waals surface area contributed by atoms with Gasteiger partial charge in [0, 0.05) is 6.07 Å². The molecule has 0 aliphatic heterocycles. The Bertz CT molecular complexity index is 841. The second-order valence-electron chi connectivity index (χ2n) is 6.46. The first-order chi connectivity index (χ1) is 13.7. The van der Waals surface area contributed by atoms with E-state index in [9.17, 15) is 4.79 Å². The number of hydrogen-bond acceptors (Lipinski definition) is 3. The largest absolute Gasteiger partial charge is 0.497 e. The zero-order valence-electron chi connectivity index (χ0n) is 16.2. The first kappa shape index (κ1) is 19.5. The van der Waals surface area contributed by atoms with Crippen molar-refractivity contribution in [1.82, 2.24) is 5.32 Å². The van der Waals surface area contributed by atoms with Crippen molar-refractivity contribution < 1.29 is 14.3 Å². The van der Waals surface area contributed by atoms with Gasteiger partial charge in [-0.2, -0.15) is 0 Å². The van der Waals surface area contributed by atoms with Crippen molar-refractivity contribution in [3.63, 3.8) is 0 Å². The van der Waals surface area contributed by atoms with Crippen LogP contribution >= 0.6 is 0 Å². The Morgan fingerprint density at radius 3 is 1.96 bits per heavy atom. The topological polar surface area (TPSA) is 47.6 Å². The fourth-order valence-corrected chi connectivity index (χ4v) is 3.05. The number of ether oxygens (including phenoxy) is 2. The number of hydrogen-bond donors (Lipinski definition) is 1. The molecular weight excluding hydrogens is 350 g/mol. The maximum Gasteiger partial charge on any atom is 0.261 e. The van der Waals surface area contributed by atoms with Crippen LogP contribution in [0.5, 0.6) is 11.5 Å². The predicted molar refractivity (Wildman–Crippen MR) is 111 cm³/mol. The molecule has 0 fully saturated rings. The molecule has 3 aromatic rings. The number of nitrogens with one attached hydrogen (secondary N) is 1. The summed E-state index contributed by atoms with van der Waals surface area (Å²) in [7, 11) is 1.60. The monoisotopic (exact) mass is 375 g/mol. The van der Waals surface area contributed by atoms with E-state index < -0.39 is 6.10 Å². The van der Waals surface area contributed by atoms with Gasteiger partial charge in [0.2, 0.25) is 0 Å². The van der Waals surface area contributed by atoms with Gasteiger partial charge in [-0.3, -0.25) is 4.79 Å². The lowest BCUT2D eigenvalue weighted by Crippen LogP contribution is -2.40. The van der Waals surface area contributed by atoms with E-state index >= 15 is 0 Å². The molecule has 3 aromatic carbocycles. The first-order valence-corrected chi connectivity index (χ1v) is 9.42. The van der Waals surface area contributed by atoms with Gasteiger partial charge < -0.3 is 14.8 Å². The van der Waals surface area contributed by atoms with Crippen LogP contribution in [0.15, 0.2) is 84.9 Å². The lowest BCUT2D eigenvalue weighted by molar-refractivity contribution is -0.128. The summed E-state index contributed by atoms with van der Waals surface area (Å²) >= 11 is 0. The van der Waals surface area contributed by atoms with Gasteiger partial charge >= 0.3 is 0 Å². The van der Waals surface area contributed by atoms with Gasteiger partial charge in [-0.1, -0.05) is 73.7 Å². The van der Waals surface area contributed by atoms with E-state index in [1.807, 2.05) is 85.8 Å². The van der Waals surface area contributed by atoms with Crippen molar-refractivity contribution in [3.05, 3.63) is 96.1 Å². The van der Waals surface area contributed by atoms with Crippen LogP contribution in [-0.4, -0.2) is 19.1 Å². The van der Waals surface area contributed by atoms with E-state index in [2.05, 4.69) is 5.32 Å². The number of carbonyl (C=O) groups excluding carboxylic acids is 1. The summed E-state index contributed by atoms with van der Waals surface area (Å²) in [5, 5.41) is 3.15. The minimum Gasteiger partial charge on any atom is -0.497 e. The molecule has 1 amide bonds. The second-order valence-corrected chi connectivity index (χ2v) is 6.46. The van der Waals surface area contributed by atoms with Crippen LogP contribution in [0.2, 0.25) is 0 Å². The van der Waals surface area contributed by atoms with Crippen molar-refractivity contribution >= 4 is 5.91 Å². The third-order valence-electron chi connectivity index (χ3n) is 4.54. The maximum absolute atomic E-state index is 13.0. The fourth-order valence-electron chi connectivity index (χ4n) is 3.05. The van der Waals surface area contributed by atoms with Gasteiger partial charge in [0.25, 0.3) is 5.91 Å². The van der Waals surface area contributed by atoms with Crippen LogP contribution in [0.4, 0.5) is 0 Å². The summed E-state index contributed by atoms with van der Waals surface area (Å²) in [5.74, 6) is 1.15. The van der Waals surface area contributed by atoms with Gasteiger partial charge in [0.1, 0.15) is 11.5 Å². The second kappa shape index (κ2) is 9.60. The Hall–Kier alpha value is -3.27. The van der Waals surface area contributed by atoms with Crippen molar-refractivity contribution in [3.8, 4) is 11.5 Å². The summed E-state index contributed by atoms with van der Waals surface area (Å²) in [6.45, 7) is 1.93. The minimum absolute atomic E-state index is 0.150. The van der Waals surface area contributed by atoms with Crippen molar-refractivity contribution in [2.75, 3.05) is 7.11 Å². The first-order valence-electron chi connectivity index (χ1n) is 9.42. The van der Waals surface area contributed by atoms with Gasteiger partial charge in [0.05, 0.1) is 13.2 Å². The Labute approximate surface area is 166 Å². The molecule has 3 rings (SSSR count). The molecule has 0 spiro atoms.